The summed E-state index contributed by atoms with van der Waals surface area (Å²) in [5, 5.41) is 11.8. The minimum atomic E-state index is 0.00587. The number of rotatable bonds is 5. The van der Waals surface area contributed by atoms with Gasteiger partial charge >= 0.3 is 0 Å². The second-order valence-electron chi connectivity index (χ2n) is 5.44. The number of hydrogen-bond donors (Lipinski definition) is 1. The van der Waals surface area contributed by atoms with Gasteiger partial charge in [0, 0.05) is 10.6 Å². The Morgan fingerprint density at radius 2 is 2.00 bits per heavy atom. The number of benzene rings is 1. The van der Waals surface area contributed by atoms with E-state index in [1.807, 2.05) is 12.1 Å². The molecule has 1 aromatic carbocycles. The molecule has 0 atom stereocenters. The molecule has 20 heavy (non-hydrogen) atoms. The molecule has 0 spiro atoms. The predicted molar refractivity (Wildman–Crippen MR) is 76.7 cm³/mol. The second-order valence-corrected chi connectivity index (χ2v) is 5.88. The largest absolute Gasteiger partial charge is 0.484 e. The molecule has 0 bridgehead atoms. The minimum Gasteiger partial charge on any atom is -0.484 e. The summed E-state index contributed by atoms with van der Waals surface area (Å²) in [5.41, 5.74) is 0.00587. The van der Waals surface area contributed by atoms with Gasteiger partial charge in [0.1, 0.15) is 5.75 Å². The molecule has 1 N–H and O–H groups in total. The summed E-state index contributed by atoms with van der Waals surface area (Å²) in [6.45, 7) is 6.99. The van der Waals surface area contributed by atoms with E-state index in [-0.39, 0.29) is 12.1 Å². The maximum absolute atomic E-state index is 5.87. The molecule has 0 aliphatic heterocycles. The first kappa shape index (κ1) is 14.8. The van der Waals surface area contributed by atoms with Crippen LogP contribution in [0.4, 0.5) is 0 Å². The van der Waals surface area contributed by atoms with Crippen LogP contribution in [0.25, 0.3) is 0 Å². The highest BCUT2D eigenvalue weighted by Crippen LogP contribution is 2.18. The van der Waals surface area contributed by atoms with E-state index >= 15 is 0 Å². The summed E-state index contributed by atoms with van der Waals surface area (Å²) in [6, 6.07) is 7.17. The van der Waals surface area contributed by atoms with Gasteiger partial charge in [0.25, 0.3) is 5.89 Å². The summed E-state index contributed by atoms with van der Waals surface area (Å²) in [7, 11) is 0. The molecule has 2 aromatic rings. The van der Waals surface area contributed by atoms with Crippen LogP contribution in [-0.4, -0.2) is 15.7 Å². The number of nitrogens with zero attached hydrogens (tertiary/aromatic N) is 2. The van der Waals surface area contributed by atoms with Crippen molar-refractivity contribution in [2.75, 3.05) is 0 Å². The van der Waals surface area contributed by atoms with Gasteiger partial charge in [-0.05, 0) is 39.0 Å². The van der Waals surface area contributed by atoms with E-state index < -0.39 is 0 Å². The molecular weight excluding hydrogens is 278 g/mol. The maximum Gasteiger partial charge on any atom is 0.253 e. The Bertz CT molecular complexity index is 564. The average Bonchev–Trinajstić information content (AvgIpc) is 2.81. The SMILES string of the molecule is CC(C)(C)NCc1nnc(COc2cccc(Cl)c2)o1. The zero-order valence-electron chi connectivity index (χ0n) is 11.8. The lowest BCUT2D eigenvalue weighted by Crippen LogP contribution is -2.35. The molecule has 0 radical (unpaired) electrons. The van der Waals surface area contributed by atoms with E-state index in [4.69, 9.17) is 20.8 Å². The van der Waals surface area contributed by atoms with Crippen molar-refractivity contribution in [3.63, 3.8) is 0 Å². The Kier molecular flexibility index (Phi) is 4.62. The van der Waals surface area contributed by atoms with Crippen molar-refractivity contribution < 1.29 is 9.15 Å². The van der Waals surface area contributed by atoms with Gasteiger partial charge in [0.2, 0.25) is 5.89 Å². The molecule has 6 heteroatoms. The first-order valence-corrected chi connectivity index (χ1v) is 6.75. The lowest BCUT2D eigenvalue weighted by molar-refractivity contribution is 0.256. The van der Waals surface area contributed by atoms with Crippen molar-refractivity contribution in [2.45, 2.75) is 39.5 Å². The highest BCUT2D eigenvalue weighted by atomic mass is 35.5. The smallest absolute Gasteiger partial charge is 0.253 e. The molecule has 0 fully saturated rings. The van der Waals surface area contributed by atoms with Crippen LogP contribution in [0, 0.1) is 0 Å². The Balaban J connectivity index is 1.87. The fourth-order valence-corrected chi connectivity index (χ4v) is 1.64. The van der Waals surface area contributed by atoms with Crippen LogP contribution >= 0.6 is 11.6 Å². The minimum absolute atomic E-state index is 0.00587. The average molecular weight is 296 g/mol. The fourth-order valence-electron chi connectivity index (χ4n) is 1.46. The Hall–Kier alpha value is -1.59. The standard InChI is InChI=1S/C14H18ClN3O2/c1-14(2,3)16-8-12-17-18-13(20-12)9-19-11-6-4-5-10(15)7-11/h4-7,16H,8-9H2,1-3H3. The normalized spacial score (nSPS) is 11.6. The molecule has 1 heterocycles. The molecule has 1 aromatic heterocycles. The fraction of sp³-hybridized carbons (Fsp3) is 0.429. The predicted octanol–water partition coefficient (Wildman–Crippen LogP) is 3.19. The quantitative estimate of drug-likeness (QED) is 0.918. The van der Waals surface area contributed by atoms with Crippen molar-refractivity contribution in [1.29, 1.82) is 0 Å². The second kappa shape index (κ2) is 6.24. The topological polar surface area (TPSA) is 60.2 Å². The van der Waals surface area contributed by atoms with Gasteiger partial charge in [-0.1, -0.05) is 17.7 Å². The van der Waals surface area contributed by atoms with E-state index in [9.17, 15) is 0 Å². The lowest BCUT2D eigenvalue weighted by Gasteiger charge is -2.18. The van der Waals surface area contributed by atoms with Crippen molar-refractivity contribution in [2.24, 2.45) is 0 Å². The van der Waals surface area contributed by atoms with Gasteiger partial charge in [-0.25, -0.2) is 0 Å². The molecule has 0 aliphatic rings. The third-order valence-electron chi connectivity index (χ3n) is 2.44. The van der Waals surface area contributed by atoms with E-state index in [0.29, 0.717) is 29.1 Å². The number of halogens is 1. The molecule has 0 saturated heterocycles. The highest BCUT2D eigenvalue weighted by molar-refractivity contribution is 6.30. The molecular formula is C14H18ClN3O2. The third-order valence-corrected chi connectivity index (χ3v) is 2.67. The Morgan fingerprint density at radius 1 is 1.25 bits per heavy atom. The van der Waals surface area contributed by atoms with E-state index in [0.717, 1.165) is 0 Å². The molecule has 0 saturated carbocycles. The molecule has 0 aliphatic carbocycles. The van der Waals surface area contributed by atoms with Crippen molar-refractivity contribution in [3.05, 3.63) is 41.1 Å². The van der Waals surface area contributed by atoms with Crippen LogP contribution in [0.15, 0.2) is 28.7 Å². The van der Waals surface area contributed by atoms with E-state index in [1.54, 1.807) is 12.1 Å². The van der Waals surface area contributed by atoms with Crippen molar-refractivity contribution in [1.82, 2.24) is 15.5 Å². The third kappa shape index (κ3) is 4.83. The summed E-state index contributed by atoms with van der Waals surface area (Å²) in [6.07, 6.45) is 0. The van der Waals surface area contributed by atoms with Crippen LogP contribution in [0.2, 0.25) is 5.02 Å². The number of aromatic nitrogens is 2. The lowest BCUT2D eigenvalue weighted by atomic mass is 10.1. The van der Waals surface area contributed by atoms with E-state index in [2.05, 4.69) is 36.3 Å². The van der Waals surface area contributed by atoms with Crippen molar-refractivity contribution in [3.8, 4) is 5.75 Å². The molecule has 2 rings (SSSR count). The first-order valence-electron chi connectivity index (χ1n) is 6.37. The Morgan fingerprint density at radius 3 is 2.70 bits per heavy atom. The zero-order valence-corrected chi connectivity index (χ0v) is 12.6. The van der Waals surface area contributed by atoms with Gasteiger partial charge in [-0.3, -0.25) is 0 Å². The van der Waals surface area contributed by atoms with Crippen LogP contribution in [0.3, 0.4) is 0 Å². The van der Waals surface area contributed by atoms with Gasteiger partial charge in [0.05, 0.1) is 6.54 Å². The molecule has 5 nitrogen and oxygen atoms in total. The van der Waals surface area contributed by atoms with Crippen LogP contribution < -0.4 is 10.1 Å². The highest BCUT2D eigenvalue weighted by Gasteiger charge is 2.12. The van der Waals surface area contributed by atoms with Gasteiger partial charge in [0.15, 0.2) is 6.61 Å². The molecule has 108 valence electrons. The van der Waals surface area contributed by atoms with Gasteiger partial charge in [-0.15, -0.1) is 10.2 Å². The van der Waals surface area contributed by atoms with E-state index in [1.165, 1.54) is 0 Å². The van der Waals surface area contributed by atoms with Crippen LogP contribution in [0.1, 0.15) is 32.6 Å². The number of ether oxygens (including phenoxy) is 1. The summed E-state index contributed by atoms with van der Waals surface area (Å²) < 4.78 is 11.0. The molecule has 0 unspecified atom stereocenters. The zero-order chi connectivity index (χ0) is 14.6. The monoisotopic (exact) mass is 295 g/mol. The summed E-state index contributed by atoms with van der Waals surface area (Å²) in [5.74, 6) is 1.66. The van der Waals surface area contributed by atoms with Gasteiger partial charge in [-0.2, -0.15) is 0 Å². The number of nitrogens with one attached hydrogen (secondary N) is 1. The molecule has 0 amide bonds. The maximum atomic E-state index is 5.87. The summed E-state index contributed by atoms with van der Waals surface area (Å²) in [4.78, 5) is 0. The van der Waals surface area contributed by atoms with Crippen LogP contribution in [-0.2, 0) is 13.2 Å². The Labute approximate surface area is 123 Å². The number of hydrogen-bond acceptors (Lipinski definition) is 5. The van der Waals surface area contributed by atoms with Gasteiger partial charge < -0.3 is 14.5 Å². The van der Waals surface area contributed by atoms with Crippen LogP contribution in [0.5, 0.6) is 5.75 Å². The van der Waals surface area contributed by atoms with Crippen molar-refractivity contribution >= 4 is 11.6 Å². The first-order chi connectivity index (χ1) is 9.42. The summed E-state index contributed by atoms with van der Waals surface area (Å²) >= 11 is 5.87.